The lowest BCUT2D eigenvalue weighted by atomic mass is 9.54. The van der Waals surface area contributed by atoms with Crippen molar-refractivity contribution in [1.82, 2.24) is 10.2 Å². The Labute approximate surface area is 125 Å². The molecule has 0 heterocycles. The van der Waals surface area contributed by atoms with Crippen molar-refractivity contribution >= 4 is 0 Å². The lowest BCUT2D eigenvalue weighted by molar-refractivity contribution is -0.0194. The van der Waals surface area contributed by atoms with Gasteiger partial charge in [0.15, 0.2) is 0 Å². The minimum atomic E-state index is 0.688. The van der Waals surface area contributed by atoms with Crippen LogP contribution in [-0.2, 0) is 0 Å². The van der Waals surface area contributed by atoms with Gasteiger partial charge in [-0.15, -0.1) is 0 Å². The van der Waals surface area contributed by atoms with Gasteiger partial charge in [-0.25, -0.2) is 0 Å². The third-order valence-electron chi connectivity index (χ3n) is 6.00. The molecule has 2 nitrogen and oxygen atoms in total. The Hall–Kier alpha value is -0.0800. The van der Waals surface area contributed by atoms with Crippen molar-refractivity contribution in [3.63, 3.8) is 0 Å². The number of nitrogens with zero attached hydrogens (tertiary/aromatic N) is 1. The smallest absolute Gasteiger partial charge is 0.0200 e. The van der Waals surface area contributed by atoms with E-state index in [1.807, 2.05) is 0 Å². The largest absolute Gasteiger partial charge is 0.309 e. The summed E-state index contributed by atoms with van der Waals surface area (Å²) >= 11 is 0. The highest BCUT2D eigenvalue weighted by Crippen LogP contribution is 2.53. The quantitative estimate of drug-likeness (QED) is 0.801. The van der Waals surface area contributed by atoms with Gasteiger partial charge in [0, 0.05) is 18.6 Å². The molecule has 4 aliphatic rings. The Kier molecular flexibility index (Phi) is 4.42. The molecule has 1 atom stereocenters. The second-order valence-corrected chi connectivity index (χ2v) is 8.71. The summed E-state index contributed by atoms with van der Waals surface area (Å²) < 4.78 is 0. The van der Waals surface area contributed by atoms with E-state index in [9.17, 15) is 0 Å². The van der Waals surface area contributed by atoms with Gasteiger partial charge < -0.3 is 10.2 Å². The maximum atomic E-state index is 4.12. The Morgan fingerprint density at radius 3 is 1.95 bits per heavy atom. The summed E-state index contributed by atoms with van der Waals surface area (Å²) in [6.07, 6.45) is 9.00. The van der Waals surface area contributed by atoms with Crippen LogP contribution in [0.25, 0.3) is 0 Å². The SMILES string of the molecule is CC(C)CC(CN(C)C)NC1C2CC3CC(C2)CC1C3. The molecule has 20 heavy (non-hydrogen) atoms. The van der Waals surface area contributed by atoms with Gasteiger partial charge in [-0.1, -0.05) is 13.8 Å². The van der Waals surface area contributed by atoms with Gasteiger partial charge >= 0.3 is 0 Å². The Morgan fingerprint density at radius 1 is 0.950 bits per heavy atom. The zero-order valence-corrected chi connectivity index (χ0v) is 13.9. The summed E-state index contributed by atoms with van der Waals surface area (Å²) in [7, 11) is 4.43. The Balaban J connectivity index is 1.62. The van der Waals surface area contributed by atoms with E-state index in [4.69, 9.17) is 0 Å². The molecule has 0 aromatic heterocycles. The summed E-state index contributed by atoms with van der Waals surface area (Å²) in [4.78, 5) is 2.36. The van der Waals surface area contributed by atoms with Gasteiger partial charge in [0.05, 0.1) is 0 Å². The van der Waals surface area contributed by atoms with E-state index in [1.165, 1.54) is 38.6 Å². The number of hydrogen-bond acceptors (Lipinski definition) is 2. The number of nitrogens with one attached hydrogen (secondary N) is 1. The second kappa shape index (κ2) is 5.96. The first-order chi connectivity index (χ1) is 9.51. The molecule has 0 aliphatic heterocycles. The predicted octanol–water partition coefficient (Wildman–Crippen LogP) is 3.38. The molecule has 0 amide bonds. The maximum absolute atomic E-state index is 4.12. The fourth-order valence-electron chi connectivity index (χ4n) is 5.67. The van der Waals surface area contributed by atoms with Crippen LogP contribution in [0.3, 0.4) is 0 Å². The molecule has 0 spiro atoms. The van der Waals surface area contributed by atoms with Gasteiger partial charge in [0.1, 0.15) is 0 Å². The van der Waals surface area contributed by atoms with Crippen LogP contribution < -0.4 is 5.32 Å². The lowest BCUT2D eigenvalue weighted by Gasteiger charge is -2.55. The second-order valence-electron chi connectivity index (χ2n) is 8.71. The molecule has 4 aliphatic carbocycles. The minimum absolute atomic E-state index is 0.688. The molecular weight excluding hydrogens is 244 g/mol. The van der Waals surface area contributed by atoms with Crippen molar-refractivity contribution in [2.45, 2.75) is 64.5 Å². The monoisotopic (exact) mass is 278 g/mol. The number of hydrogen-bond donors (Lipinski definition) is 1. The molecular formula is C18H34N2. The first-order valence-corrected chi connectivity index (χ1v) is 8.92. The van der Waals surface area contributed by atoms with E-state index < -0.39 is 0 Å². The van der Waals surface area contributed by atoms with Crippen molar-refractivity contribution in [3.8, 4) is 0 Å². The van der Waals surface area contributed by atoms with Crippen LogP contribution in [0.2, 0.25) is 0 Å². The van der Waals surface area contributed by atoms with E-state index in [2.05, 4.69) is 38.2 Å². The van der Waals surface area contributed by atoms with Gasteiger partial charge in [0.25, 0.3) is 0 Å². The van der Waals surface area contributed by atoms with Gasteiger partial charge in [-0.2, -0.15) is 0 Å². The highest BCUT2D eigenvalue weighted by atomic mass is 15.1. The van der Waals surface area contributed by atoms with E-state index in [-0.39, 0.29) is 0 Å². The third kappa shape index (κ3) is 3.22. The summed E-state index contributed by atoms with van der Waals surface area (Å²) in [5, 5.41) is 4.12. The van der Waals surface area contributed by atoms with Crippen LogP contribution in [0, 0.1) is 29.6 Å². The molecule has 0 saturated heterocycles. The molecule has 4 bridgehead atoms. The number of rotatable bonds is 6. The summed E-state index contributed by atoms with van der Waals surface area (Å²) in [5.41, 5.74) is 0. The summed E-state index contributed by atoms with van der Waals surface area (Å²) in [6.45, 7) is 5.92. The average Bonchev–Trinajstić information content (AvgIpc) is 2.31. The van der Waals surface area contributed by atoms with Crippen molar-refractivity contribution in [3.05, 3.63) is 0 Å². The molecule has 116 valence electrons. The molecule has 0 radical (unpaired) electrons. The third-order valence-corrected chi connectivity index (χ3v) is 6.00. The normalized spacial score (nSPS) is 40.8. The lowest BCUT2D eigenvalue weighted by Crippen LogP contribution is -2.58. The minimum Gasteiger partial charge on any atom is -0.309 e. The van der Waals surface area contributed by atoms with Gasteiger partial charge in [0.2, 0.25) is 0 Å². The molecule has 0 aromatic carbocycles. The summed E-state index contributed by atoms with van der Waals surface area (Å²) in [6, 6.07) is 1.53. The van der Waals surface area contributed by atoms with Gasteiger partial charge in [-0.3, -0.25) is 0 Å². The molecule has 4 saturated carbocycles. The zero-order valence-electron chi connectivity index (χ0n) is 13.9. The molecule has 4 fully saturated rings. The molecule has 4 rings (SSSR count). The Morgan fingerprint density at radius 2 is 1.50 bits per heavy atom. The molecule has 2 heteroatoms. The predicted molar refractivity (Wildman–Crippen MR) is 85.8 cm³/mol. The fourth-order valence-corrected chi connectivity index (χ4v) is 5.67. The Bertz CT molecular complexity index is 285. The van der Waals surface area contributed by atoms with E-state index in [0.717, 1.165) is 35.6 Å². The average molecular weight is 278 g/mol. The van der Waals surface area contributed by atoms with Crippen LogP contribution >= 0.6 is 0 Å². The maximum Gasteiger partial charge on any atom is 0.0200 e. The molecule has 1 N–H and O–H groups in total. The highest BCUT2D eigenvalue weighted by molar-refractivity contribution is 5.02. The van der Waals surface area contributed by atoms with Crippen molar-refractivity contribution in [2.24, 2.45) is 29.6 Å². The topological polar surface area (TPSA) is 15.3 Å². The van der Waals surface area contributed by atoms with Crippen LogP contribution in [0.4, 0.5) is 0 Å². The standard InChI is InChI=1S/C18H34N2/c1-12(2)5-17(11-20(3)4)19-18-15-7-13-6-14(9-15)10-16(18)8-13/h12-19H,5-11H2,1-4H3. The highest BCUT2D eigenvalue weighted by Gasteiger charge is 2.48. The van der Waals surface area contributed by atoms with Crippen molar-refractivity contribution < 1.29 is 0 Å². The first-order valence-electron chi connectivity index (χ1n) is 8.92. The van der Waals surface area contributed by atoms with Crippen LogP contribution in [0.15, 0.2) is 0 Å². The first kappa shape index (κ1) is 14.8. The molecule has 1 unspecified atom stereocenters. The zero-order chi connectivity index (χ0) is 14.3. The number of likely N-dealkylation sites (N-methyl/N-ethyl adjacent to an activating group) is 1. The van der Waals surface area contributed by atoms with E-state index in [0.29, 0.717) is 6.04 Å². The summed E-state index contributed by atoms with van der Waals surface area (Å²) in [5.74, 6) is 4.98. The van der Waals surface area contributed by atoms with Crippen LogP contribution in [0.5, 0.6) is 0 Å². The van der Waals surface area contributed by atoms with Crippen molar-refractivity contribution in [2.75, 3.05) is 20.6 Å². The van der Waals surface area contributed by atoms with Crippen LogP contribution in [0.1, 0.15) is 52.4 Å². The van der Waals surface area contributed by atoms with E-state index in [1.54, 1.807) is 6.42 Å². The van der Waals surface area contributed by atoms with E-state index >= 15 is 0 Å². The van der Waals surface area contributed by atoms with Crippen molar-refractivity contribution in [1.29, 1.82) is 0 Å². The van der Waals surface area contributed by atoms with Gasteiger partial charge in [-0.05, 0) is 82.2 Å². The molecule has 0 aromatic rings. The fraction of sp³-hybridized carbons (Fsp3) is 1.00. The van der Waals surface area contributed by atoms with Crippen LogP contribution in [-0.4, -0.2) is 37.6 Å².